The topological polar surface area (TPSA) is 90.7 Å². The highest BCUT2D eigenvalue weighted by atomic mass is 16.5. The van der Waals surface area contributed by atoms with E-state index in [1.165, 1.54) is 12.4 Å². The Morgan fingerprint density at radius 3 is 2.56 bits per heavy atom. The quantitative estimate of drug-likeness (QED) is 0.690. The Kier molecular flexibility index (Phi) is 5.51. The van der Waals surface area contributed by atoms with Gasteiger partial charge in [0.25, 0.3) is 0 Å². The lowest BCUT2D eigenvalue weighted by Crippen LogP contribution is -2.24. The molecule has 0 aliphatic heterocycles. The molecule has 1 N–H and O–H groups in total. The molecular formula is C20H18N2O5. The minimum atomic E-state index is -1.31. The predicted octanol–water partition coefficient (Wildman–Crippen LogP) is 3.20. The van der Waals surface area contributed by atoms with E-state index in [2.05, 4.69) is 4.98 Å². The molecule has 0 aliphatic carbocycles. The Morgan fingerprint density at radius 1 is 1.15 bits per heavy atom. The minimum absolute atomic E-state index is 0.0605. The molecule has 3 aromatic rings. The number of aromatic carboxylic acids is 1. The zero-order valence-electron chi connectivity index (χ0n) is 14.6. The highest BCUT2D eigenvalue weighted by molar-refractivity contribution is 5.87. The molecule has 27 heavy (non-hydrogen) atoms. The molecule has 0 fully saturated rings. The second kappa shape index (κ2) is 8.18. The molecule has 0 unspecified atom stereocenters. The third-order valence-electron chi connectivity index (χ3n) is 3.69. The van der Waals surface area contributed by atoms with Crippen molar-refractivity contribution < 1.29 is 19.4 Å². The van der Waals surface area contributed by atoms with E-state index in [1.54, 1.807) is 53.4 Å². The summed E-state index contributed by atoms with van der Waals surface area (Å²) in [5.74, 6) is -0.323. The molecule has 0 saturated carbocycles. The fourth-order valence-electron chi connectivity index (χ4n) is 2.53. The minimum Gasteiger partial charge on any atom is -0.487 e. The van der Waals surface area contributed by atoms with Gasteiger partial charge in [-0.1, -0.05) is 18.2 Å². The van der Waals surface area contributed by atoms with Gasteiger partial charge >= 0.3 is 5.97 Å². The summed E-state index contributed by atoms with van der Waals surface area (Å²) in [6, 6.07) is 12.3. The van der Waals surface area contributed by atoms with Gasteiger partial charge in [-0.25, -0.2) is 4.79 Å². The van der Waals surface area contributed by atoms with Crippen molar-refractivity contribution in [2.75, 3.05) is 0 Å². The van der Waals surface area contributed by atoms with Gasteiger partial charge in [-0.3, -0.25) is 9.78 Å². The van der Waals surface area contributed by atoms with Crippen LogP contribution in [0.1, 0.15) is 17.3 Å². The number of para-hydroxylation sites is 1. The first-order valence-corrected chi connectivity index (χ1v) is 8.30. The molecule has 0 aliphatic rings. The summed E-state index contributed by atoms with van der Waals surface area (Å²) in [5, 5.41) is 9.34. The van der Waals surface area contributed by atoms with E-state index in [9.17, 15) is 14.7 Å². The summed E-state index contributed by atoms with van der Waals surface area (Å²) in [6.45, 7) is 2.16. The fraction of sp³-hybridized carbons (Fsp3) is 0.150. The maximum Gasteiger partial charge on any atom is 0.341 e. The number of ether oxygens (including phenoxy) is 2. The largest absolute Gasteiger partial charge is 0.487 e. The molecule has 1 aromatic carbocycles. The van der Waals surface area contributed by atoms with Gasteiger partial charge in [0.15, 0.2) is 5.75 Å². The molecule has 0 bridgehead atoms. The monoisotopic (exact) mass is 366 g/mol. The summed E-state index contributed by atoms with van der Waals surface area (Å²) in [6.07, 6.45) is 5.71. The number of hydrogen-bond acceptors (Lipinski definition) is 5. The lowest BCUT2D eigenvalue weighted by molar-refractivity contribution is 0.0693. The van der Waals surface area contributed by atoms with Gasteiger partial charge in [0.05, 0.1) is 18.9 Å². The first-order valence-electron chi connectivity index (χ1n) is 8.30. The smallest absolute Gasteiger partial charge is 0.341 e. The van der Waals surface area contributed by atoms with Crippen molar-refractivity contribution in [2.45, 2.75) is 19.6 Å². The Bertz CT molecular complexity index is 971. The van der Waals surface area contributed by atoms with Crippen LogP contribution in [0.15, 0.2) is 72.0 Å². The molecule has 7 nitrogen and oxygen atoms in total. The van der Waals surface area contributed by atoms with Gasteiger partial charge in [-0.2, -0.15) is 0 Å². The number of carboxylic acid groups (broad SMARTS) is 1. The molecule has 3 rings (SSSR count). The molecule has 2 aromatic heterocycles. The molecule has 0 radical (unpaired) electrons. The Balaban J connectivity index is 1.86. The van der Waals surface area contributed by atoms with Crippen LogP contribution in [0.2, 0.25) is 0 Å². The van der Waals surface area contributed by atoms with Crippen LogP contribution in [-0.2, 0) is 6.54 Å². The van der Waals surface area contributed by atoms with E-state index < -0.39 is 11.4 Å². The third kappa shape index (κ3) is 4.72. The van der Waals surface area contributed by atoms with Crippen molar-refractivity contribution in [1.29, 1.82) is 0 Å². The highest BCUT2D eigenvalue weighted by Crippen LogP contribution is 2.18. The number of pyridine rings is 2. The number of aromatic nitrogens is 2. The van der Waals surface area contributed by atoms with Crippen molar-refractivity contribution in [3.05, 3.63) is 83.0 Å². The highest BCUT2D eigenvalue weighted by Gasteiger charge is 2.17. The molecule has 0 saturated heterocycles. The summed E-state index contributed by atoms with van der Waals surface area (Å²) in [5.41, 5.74) is -1.04. The first kappa shape index (κ1) is 18.2. The standard InChI is InChI=1S/C20H18N2O5/c1-14(26-16-8-5-9-21-10-16)11-22-12-17(20(24)25)19(23)18(13-22)27-15-6-3-2-4-7-15/h2-10,12-14H,11H2,1H3,(H,24,25)/t14-/m0/s1. The first-order chi connectivity index (χ1) is 13.0. The number of nitrogens with zero attached hydrogens (tertiary/aromatic N) is 2. The Labute approximate surface area is 155 Å². The van der Waals surface area contributed by atoms with E-state index in [0.29, 0.717) is 18.0 Å². The van der Waals surface area contributed by atoms with E-state index in [1.807, 2.05) is 13.0 Å². The molecular weight excluding hydrogens is 348 g/mol. The van der Waals surface area contributed by atoms with Crippen LogP contribution < -0.4 is 14.9 Å². The van der Waals surface area contributed by atoms with Crippen molar-refractivity contribution >= 4 is 5.97 Å². The zero-order valence-corrected chi connectivity index (χ0v) is 14.6. The molecule has 0 spiro atoms. The van der Waals surface area contributed by atoms with E-state index in [4.69, 9.17) is 9.47 Å². The van der Waals surface area contributed by atoms with Crippen LogP contribution in [0.5, 0.6) is 17.2 Å². The second-order valence-corrected chi connectivity index (χ2v) is 5.90. The van der Waals surface area contributed by atoms with Crippen LogP contribution in [0, 0.1) is 0 Å². The summed E-state index contributed by atoms with van der Waals surface area (Å²) in [4.78, 5) is 27.8. The molecule has 0 amide bonds. The maximum absolute atomic E-state index is 12.4. The second-order valence-electron chi connectivity index (χ2n) is 5.90. The lowest BCUT2D eigenvalue weighted by atomic mass is 10.2. The summed E-state index contributed by atoms with van der Waals surface area (Å²) in [7, 11) is 0. The summed E-state index contributed by atoms with van der Waals surface area (Å²) >= 11 is 0. The van der Waals surface area contributed by atoms with Crippen LogP contribution >= 0.6 is 0 Å². The fourth-order valence-corrected chi connectivity index (χ4v) is 2.53. The van der Waals surface area contributed by atoms with Crippen LogP contribution in [0.4, 0.5) is 0 Å². The van der Waals surface area contributed by atoms with Gasteiger partial charge < -0.3 is 19.1 Å². The van der Waals surface area contributed by atoms with E-state index >= 15 is 0 Å². The third-order valence-corrected chi connectivity index (χ3v) is 3.69. The van der Waals surface area contributed by atoms with Gasteiger partial charge in [-0.05, 0) is 31.2 Å². The maximum atomic E-state index is 12.4. The average Bonchev–Trinajstić information content (AvgIpc) is 2.65. The van der Waals surface area contributed by atoms with E-state index in [-0.39, 0.29) is 17.4 Å². The normalized spacial score (nSPS) is 11.6. The lowest BCUT2D eigenvalue weighted by Gasteiger charge is -2.17. The molecule has 2 heterocycles. The van der Waals surface area contributed by atoms with Crippen molar-refractivity contribution in [3.63, 3.8) is 0 Å². The molecule has 7 heteroatoms. The number of rotatable bonds is 7. The van der Waals surface area contributed by atoms with Crippen molar-refractivity contribution in [3.8, 4) is 17.2 Å². The number of carbonyl (C=O) groups is 1. The van der Waals surface area contributed by atoms with Crippen LogP contribution in [0.25, 0.3) is 0 Å². The summed E-state index contributed by atoms with van der Waals surface area (Å²) < 4.78 is 12.9. The SMILES string of the molecule is C[C@@H](Cn1cc(Oc2ccccc2)c(=O)c(C(=O)O)c1)Oc1cccnc1. The Morgan fingerprint density at radius 2 is 1.89 bits per heavy atom. The molecule has 1 atom stereocenters. The number of carboxylic acids is 1. The van der Waals surface area contributed by atoms with Gasteiger partial charge in [0.1, 0.15) is 23.2 Å². The number of hydrogen-bond donors (Lipinski definition) is 1. The van der Waals surface area contributed by atoms with Crippen LogP contribution in [0.3, 0.4) is 0 Å². The molecule has 138 valence electrons. The average molecular weight is 366 g/mol. The van der Waals surface area contributed by atoms with Crippen molar-refractivity contribution in [2.24, 2.45) is 0 Å². The van der Waals surface area contributed by atoms with E-state index in [0.717, 1.165) is 0 Å². The van der Waals surface area contributed by atoms with Crippen LogP contribution in [-0.4, -0.2) is 26.7 Å². The number of benzene rings is 1. The predicted molar refractivity (Wildman–Crippen MR) is 98.5 cm³/mol. The zero-order chi connectivity index (χ0) is 19.2. The van der Waals surface area contributed by atoms with Gasteiger partial charge in [0, 0.05) is 12.4 Å². The van der Waals surface area contributed by atoms with Crippen molar-refractivity contribution in [1.82, 2.24) is 9.55 Å². The van der Waals surface area contributed by atoms with Gasteiger partial charge in [-0.15, -0.1) is 0 Å². The van der Waals surface area contributed by atoms with Gasteiger partial charge in [0.2, 0.25) is 5.43 Å². The Hall–Kier alpha value is -3.61.